The molecular formula is C17H19NO2S. The molecule has 0 saturated heterocycles. The summed E-state index contributed by atoms with van der Waals surface area (Å²) < 4.78 is 0. The highest BCUT2D eigenvalue weighted by atomic mass is 32.2. The molecular weight excluding hydrogens is 282 g/mol. The summed E-state index contributed by atoms with van der Waals surface area (Å²) in [5.41, 5.74) is 1.74. The Labute approximate surface area is 129 Å². The number of hydrogen-bond acceptors (Lipinski definition) is 3. The molecule has 1 atom stereocenters. The molecule has 0 saturated carbocycles. The lowest BCUT2D eigenvalue weighted by Gasteiger charge is -2.17. The number of hydrogen-bond donors (Lipinski definition) is 2. The highest BCUT2D eigenvalue weighted by Crippen LogP contribution is 2.19. The third kappa shape index (κ3) is 4.34. The summed E-state index contributed by atoms with van der Waals surface area (Å²) in [5, 5.41) is 12.4. The van der Waals surface area contributed by atoms with Crippen molar-refractivity contribution in [1.82, 2.24) is 5.32 Å². The Bertz CT molecular complexity index is 586. The van der Waals surface area contributed by atoms with E-state index in [-0.39, 0.29) is 18.6 Å². The van der Waals surface area contributed by atoms with E-state index in [4.69, 9.17) is 0 Å². The van der Waals surface area contributed by atoms with Crippen molar-refractivity contribution in [3.8, 4) is 0 Å². The average Bonchev–Trinajstić information content (AvgIpc) is 2.55. The lowest BCUT2D eigenvalue weighted by molar-refractivity contribution is 0.0913. The quantitative estimate of drug-likeness (QED) is 0.807. The molecule has 2 aromatic rings. The SMILES string of the molecule is CSc1ccccc1C(=O)N[C@@H](CO)Cc1ccccc1. The van der Waals surface area contributed by atoms with Crippen LogP contribution < -0.4 is 5.32 Å². The van der Waals surface area contributed by atoms with E-state index in [1.165, 1.54) is 11.8 Å². The molecule has 0 aliphatic carbocycles. The van der Waals surface area contributed by atoms with Gasteiger partial charge in [0.25, 0.3) is 5.91 Å². The van der Waals surface area contributed by atoms with E-state index in [2.05, 4.69) is 5.32 Å². The number of amides is 1. The fraction of sp³-hybridized carbons (Fsp3) is 0.235. The van der Waals surface area contributed by atoms with Crippen molar-refractivity contribution in [3.63, 3.8) is 0 Å². The van der Waals surface area contributed by atoms with E-state index in [1.54, 1.807) is 6.07 Å². The van der Waals surface area contributed by atoms with Gasteiger partial charge in [-0.3, -0.25) is 4.79 Å². The van der Waals surface area contributed by atoms with Gasteiger partial charge in [0.2, 0.25) is 0 Å². The van der Waals surface area contributed by atoms with Crippen LogP contribution in [0, 0.1) is 0 Å². The molecule has 110 valence electrons. The molecule has 0 spiro atoms. The summed E-state index contributed by atoms with van der Waals surface area (Å²) >= 11 is 1.54. The van der Waals surface area contributed by atoms with Crippen molar-refractivity contribution in [2.45, 2.75) is 17.4 Å². The normalized spacial score (nSPS) is 11.9. The van der Waals surface area contributed by atoms with Gasteiger partial charge < -0.3 is 10.4 Å². The molecule has 4 heteroatoms. The first kappa shape index (κ1) is 15.6. The van der Waals surface area contributed by atoms with E-state index in [1.807, 2.05) is 54.8 Å². The summed E-state index contributed by atoms with van der Waals surface area (Å²) in [5.74, 6) is -0.144. The maximum Gasteiger partial charge on any atom is 0.252 e. The highest BCUT2D eigenvalue weighted by Gasteiger charge is 2.15. The number of thioether (sulfide) groups is 1. The van der Waals surface area contributed by atoms with Crippen LogP contribution in [0.1, 0.15) is 15.9 Å². The third-order valence-corrected chi connectivity index (χ3v) is 4.03. The van der Waals surface area contributed by atoms with Crippen LogP contribution in [-0.4, -0.2) is 29.9 Å². The summed E-state index contributed by atoms with van der Waals surface area (Å²) in [6.07, 6.45) is 2.56. The molecule has 0 heterocycles. The van der Waals surface area contributed by atoms with E-state index in [9.17, 15) is 9.90 Å². The van der Waals surface area contributed by atoms with Gasteiger partial charge >= 0.3 is 0 Å². The minimum atomic E-state index is -0.283. The molecule has 0 fully saturated rings. The Morgan fingerprint density at radius 1 is 1.14 bits per heavy atom. The first-order valence-corrected chi connectivity index (χ1v) is 8.05. The zero-order valence-electron chi connectivity index (χ0n) is 12.0. The smallest absolute Gasteiger partial charge is 0.252 e. The minimum Gasteiger partial charge on any atom is -0.394 e. The molecule has 0 aromatic heterocycles. The lowest BCUT2D eigenvalue weighted by Crippen LogP contribution is -2.39. The maximum atomic E-state index is 12.3. The monoisotopic (exact) mass is 301 g/mol. The van der Waals surface area contributed by atoms with Gasteiger partial charge in [-0.1, -0.05) is 42.5 Å². The number of rotatable bonds is 6. The fourth-order valence-corrected chi connectivity index (χ4v) is 2.75. The number of carbonyl (C=O) groups excluding carboxylic acids is 1. The molecule has 2 rings (SSSR count). The number of carbonyl (C=O) groups is 1. The van der Waals surface area contributed by atoms with Gasteiger partial charge in [-0.15, -0.1) is 11.8 Å². The van der Waals surface area contributed by atoms with Crippen LogP contribution in [0.25, 0.3) is 0 Å². The summed E-state index contributed by atoms with van der Waals surface area (Å²) in [4.78, 5) is 13.3. The Balaban J connectivity index is 2.06. The molecule has 21 heavy (non-hydrogen) atoms. The Hall–Kier alpha value is -1.78. The van der Waals surface area contributed by atoms with Crippen LogP contribution in [0.5, 0.6) is 0 Å². The van der Waals surface area contributed by atoms with Gasteiger partial charge in [0.05, 0.1) is 18.2 Å². The topological polar surface area (TPSA) is 49.3 Å². The van der Waals surface area contributed by atoms with E-state index in [0.717, 1.165) is 10.5 Å². The molecule has 3 nitrogen and oxygen atoms in total. The number of aliphatic hydroxyl groups excluding tert-OH is 1. The van der Waals surface area contributed by atoms with Gasteiger partial charge in [-0.2, -0.15) is 0 Å². The van der Waals surface area contributed by atoms with Crippen LogP contribution >= 0.6 is 11.8 Å². The van der Waals surface area contributed by atoms with Crippen molar-refractivity contribution < 1.29 is 9.90 Å². The predicted molar refractivity (Wildman–Crippen MR) is 86.7 cm³/mol. The number of benzene rings is 2. The van der Waals surface area contributed by atoms with Gasteiger partial charge in [-0.05, 0) is 30.4 Å². The number of nitrogens with one attached hydrogen (secondary N) is 1. The minimum absolute atomic E-state index is 0.0813. The average molecular weight is 301 g/mol. The van der Waals surface area contributed by atoms with Crippen molar-refractivity contribution in [3.05, 3.63) is 65.7 Å². The predicted octanol–water partition coefficient (Wildman–Crippen LogP) is 2.74. The zero-order chi connectivity index (χ0) is 15.1. The van der Waals surface area contributed by atoms with Crippen LogP contribution in [0.3, 0.4) is 0 Å². The van der Waals surface area contributed by atoms with Crippen LogP contribution in [0.4, 0.5) is 0 Å². The maximum absolute atomic E-state index is 12.3. The molecule has 0 aliphatic rings. The first-order valence-electron chi connectivity index (χ1n) is 6.83. The molecule has 1 amide bonds. The second-order valence-electron chi connectivity index (χ2n) is 4.74. The molecule has 0 radical (unpaired) electrons. The van der Waals surface area contributed by atoms with Crippen molar-refractivity contribution in [2.75, 3.05) is 12.9 Å². The van der Waals surface area contributed by atoms with Crippen molar-refractivity contribution >= 4 is 17.7 Å². The first-order chi connectivity index (χ1) is 10.2. The van der Waals surface area contributed by atoms with Gasteiger partial charge in [-0.25, -0.2) is 0 Å². The second kappa shape index (κ2) is 7.86. The van der Waals surface area contributed by atoms with E-state index in [0.29, 0.717) is 12.0 Å². The van der Waals surface area contributed by atoms with Crippen molar-refractivity contribution in [1.29, 1.82) is 0 Å². The highest BCUT2D eigenvalue weighted by molar-refractivity contribution is 7.98. The van der Waals surface area contributed by atoms with Crippen LogP contribution in [-0.2, 0) is 6.42 Å². The summed E-state index contributed by atoms with van der Waals surface area (Å²) in [7, 11) is 0. The fourth-order valence-electron chi connectivity index (χ4n) is 2.16. The van der Waals surface area contributed by atoms with Crippen LogP contribution in [0.15, 0.2) is 59.5 Å². The van der Waals surface area contributed by atoms with Crippen LogP contribution in [0.2, 0.25) is 0 Å². The largest absolute Gasteiger partial charge is 0.394 e. The van der Waals surface area contributed by atoms with E-state index < -0.39 is 0 Å². The molecule has 0 bridgehead atoms. The second-order valence-corrected chi connectivity index (χ2v) is 5.59. The number of aliphatic hydroxyl groups is 1. The zero-order valence-corrected chi connectivity index (χ0v) is 12.8. The lowest BCUT2D eigenvalue weighted by atomic mass is 10.1. The molecule has 0 unspecified atom stereocenters. The van der Waals surface area contributed by atoms with Gasteiger partial charge in [0.15, 0.2) is 0 Å². The molecule has 2 N–H and O–H groups in total. The third-order valence-electron chi connectivity index (χ3n) is 3.23. The molecule has 2 aromatic carbocycles. The summed E-state index contributed by atoms with van der Waals surface area (Å²) in [6, 6.07) is 17.0. The van der Waals surface area contributed by atoms with Gasteiger partial charge in [0, 0.05) is 4.90 Å². The standard InChI is InChI=1S/C17H19NO2S/c1-21-16-10-6-5-9-15(16)17(20)18-14(12-19)11-13-7-3-2-4-8-13/h2-10,14,19H,11-12H2,1H3,(H,18,20)/t14-/m1/s1. The Morgan fingerprint density at radius 2 is 1.81 bits per heavy atom. The molecule has 0 aliphatic heterocycles. The Kier molecular flexibility index (Phi) is 5.84. The van der Waals surface area contributed by atoms with Crippen molar-refractivity contribution in [2.24, 2.45) is 0 Å². The summed E-state index contributed by atoms with van der Waals surface area (Å²) in [6.45, 7) is -0.0813. The van der Waals surface area contributed by atoms with E-state index >= 15 is 0 Å². The Morgan fingerprint density at radius 3 is 2.48 bits per heavy atom. The van der Waals surface area contributed by atoms with Gasteiger partial charge in [0.1, 0.15) is 0 Å².